The van der Waals surface area contributed by atoms with Crippen molar-refractivity contribution in [2.24, 2.45) is 0 Å². The van der Waals surface area contributed by atoms with Crippen molar-refractivity contribution in [3.8, 4) is 11.5 Å². The standard InChI is InChI=1S/C11H14F2O2/c1-7(2)14-9-4-8(3)5-10(6-9)15-11(12)13/h4-7,11H,1-3H3. The molecule has 0 heterocycles. The highest BCUT2D eigenvalue weighted by molar-refractivity contribution is 5.37. The van der Waals surface area contributed by atoms with Gasteiger partial charge in [-0.25, -0.2) is 0 Å². The number of hydrogen-bond acceptors (Lipinski definition) is 2. The molecule has 0 bridgehead atoms. The van der Waals surface area contributed by atoms with Gasteiger partial charge in [-0.05, 0) is 38.5 Å². The van der Waals surface area contributed by atoms with Crippen molar-refractivity contribution >= 4 is 0 Å². The molecule has 4 heteroatoms. The number of alkyl halides is 2. The van der Waals surface area contributed by atoms with Crippen LogP contribution >= 0.6 is 0 Å². The van der Waals surface area contributed by atoms with Gasteiger partial charge < -0.3 is 9.47 Å². The lowest BCUT2D eigenvalue weighted by Gasteiger charge is -2.12. The van der Waals surface area contributed by atoms with Crippen LogP contribution in [0.5, 0.6) is 11.5 Å². The van der Waals surface area contributed by atoms with Crippen LogP contribution in [0.3, 0.4) is 0 Å². The van der Waals surface area contributed by atoms with Crippen LogP contribution in [0.2, 0.25) is 0 Å². The molecule has 0 aromatic heterocycles. The number of rotatable bonds is 4. The maximum absolute atomic E-state index is 12.0. The second-order valence-electron chi connectivity index (χ2n) is 3.53. The Bertz CT molecular complexity index is 296. The van der Waals surface area contributed by atoms with Crippen molar-refractivity contribution in [3.63, 3.8) is 0 Å². The number of ether oxygens (including phenoxy) is 2. The van der Waals surface area contributed by atoms with Gasteiger partial charge in [0.25, 0.3) is 0 Å². The summed E-state index contributed by atoms with van der Waals surface area (Å²) in [5.41, 5.74) is 0.823. The lowest BCUT2D eigenvalue weighted by atomic mass is 10.2. The van der Waals surface area contributed by atoms with E-state index in [1.807, 2.05) is 13.8 Å². The van der Waals surface area contributed by atoms with Gasteiger partial charge in [0, 0.05) is 6.07 Å². The molecule has 0 spiro atoms. The van der Waals surface area contributed by atoms with Gasteiger partial charge in [-0.2, -0.15) is 8.78 Å². The third-order valence-electron chi connectivity index (χ3n) is 1.62. The van der Waals surface area contributed by atoms with E-state index in [1.54, 1.807) is 19.1 Å². The Morgan fingerprint density at radius 1 is 1.00 bits per heavy atom. The minimum atomic E-state index is -2.81. The van der Waals surface area contributed by atoms with Gasteiger partial charge in [-0.15, -0.1) is 0 Å². The van der Waals surface area contributed by atoms with Gasteiger partial charge >= 0.3 is 6.61 Å². The van der Waals surface area contributed by atoms with Crippen molar-refractivity contribution in [3.05, 3.63) is 23.8 Å². The molecule has 15 heavy (non-hydrogen) atoms. The van der Waals surface area contributed by atoms with Crippen molar-refractivity contribution in [1.29, 1.82) is 0 Å². The molecule has 1 aromatic carbocycles. The molecule has 0 radical (unpaired) electrons. The van der Waals surface area contributed by atoms with Gasteiger partial charge in [0.05, 0.1) is 6.10 Å². The average molecular weight is 216 g/mol. The molecular weight excluding hydrogens is 202 g/mol. The molecule has 1 aromatic rings. The van der Waals surface area contributed by atoms with E-state index in [2.05, 4.69) is 4.74 Å². The van der Waals surface area contributed by atoms with E-state index in [1.165, 1.54) is 6.07 Å². The minimum Gasteiger partial charge on any atom is -0.491 e. The topological polar surface area (TPSA) is 18.5 Å². The fraction of sp³-hybridized carbons (Fsp3) is 0.455. The first kappa shape index (κ1) is 11.8. The Balaban J connectivity index is 2.84. The highest BCUT2D eigenvalue weighted by atomic mass is 19.3. The van der Waals surface area contributed by atoms with E-state index in [-0.39, 0.29) is 11.9 Å². The quantitative estimate of drug-likeness (QED) is 0.768. The molecule has 1 rings (SSSR count). The SMILES string of the molecule is Cc1cc(OC(C)C)cc(OC(F)F)c1. The lowest BCUT2D eigenvalue weighted by Crippen LogP contribution is -2.07. The highest BCUT2D eigenvalue weighted by Gasteiger charge is 2.07. The summed E-state index contributed by atoms with van der Waals surface area (Å²) in [6, 6.07) is 4.77. The highest BCUT2D eigenvalue weighted by Crippen LogP contribution is 2.24. The molecule has 0 aliphatic rings. The largest absolute Gasteiger partial charge is 0.491 e. The van der Waals surface area contributed by atoms with Gasteiger partial charge in [0.1, 0.15) is 11.5 Å². The van der Waals surface area contributed by atoms with E-state index in [9.17, 15) is 8.78 Å². The molecule has 0 fully saturated rings. The molecule has 0 N–H and O–H groups in total. The Morgan fingerprint density at radius 3 is 2.00 bits per heavy atom. The third kappa shape index (κ3) is 4.14. The zero-order valence-electron chi connectivity index (χ0n) is 8.96. The van der Waals surface area contributed by atoms with E-state index in [0.29, 0.717) is 5.75 Å². The molecular formula is C11H14F2O2. The summed E-state index contributed by atoms with van der Waals surface area (Å²) in [5, 5.41) is 0. The number of aryl methyl sites for hydroxylation is 1. The van der Waals surface area contributed by atoms with Crippen LogP contribution in [0.15, 0.2) is 18.2 Å². The maximum Gasteiger partial charge on any atom is 0.387 e. The molecule has 0 saturated carbocycles. The van der Waals surface area contributed by atoms with Crippen molar-refractivity contribution in [1.82, 2.24) is 0 Å². The molecule has 84 valence electrons. The Morgan fingerprint density at radius 2 is 1.53 bits per heavy atom. The van der Waals surface area contributed by atoms with E-state index in [4.69, 9.17) is 4.74 Å². The molecule has 0 saturated heterocycles. The number of benzene rings is 1. The Kier molecular flexibility index (Phi) is 3.88. The van der Waals surface area contributed by atoms with Crippen LogP contribution in [-0.4, -0.2) is 12.7 Å². The van der Waals surface area contributed by atoms with Crippen LogP contribution in [0.1, 0.15) is 19.4 Å². The van der Waals surface area contributed by atoms with Crippen LogP contribution < -0.4 is 9.47 Å². The summed E-state index contributed by atoms with van der Waals surface area (Å²) in [6.07, 6.45) is 0.00574. The van der Waals surface area contributed by atoms with Crippen molar-refractivity contribution < 1.29 is 18.3 Å². The van der Waals surface area contributed by atoms with Gasteiger partial charge in [0.2, 0.25) is 0 Å². The number of halogens is 2. The van der Waals surface area contributed by atoms with Crippen LogP contribution in [0, 0.1) is 6.92 Å². The third-order valence-corrected chi connectivity index (χ3v) is 1.62. The van der Waals surface area contributed by atoms with Gasteiger partial charge in [-0.1, -0.05) is 0 Å². The summed E-state index contributed by atoms with van der Waals surface area (Å²) in [4.78, 5) is 0. The first-order valence-corrected chi connectivity index (χ1v) is 4.70. The predicted octanol–water partition coefficient (Wildman–Crippen LogP) is 3.38. The van der Waals surface area contributed by atoms with E-state index in [0.717, 1.165) is 5.56 Å². The minimum absolute atomic E-state index is 0.00574. The summed E-state index contributed by atoms with van der Waals surface area (Å²) >= 11 is 0. The summed E-state index contributed by atoms with van der Waals surface area (Å²) < 4.78 is 33.7. The molecule has 0 aliphatic carbocycles. The Hall–Kier alpha value is -1.32. The fourth-order valence-corrected chi connectivity index (χ4v) is 1.23. The lowest BCUT2D eigenvalue weighted by molar-refractivity contribution is -0.0499. The van der Waals surface area contributed by atoms with E-state index >= 15 is 0 Å². The van der Waals surface area contributed by atoms with Crippen LogP contribution in [0.4, 0.5) is 8.78 Å². The average Bonchev–Trinajstić information content (AvgIpc) is 1.98. The fourth-order valence-electron chi connectivity index (χ4n) is 1.23. The second-order valence-corrected chi connectivity index (χ2v) is 3.53. The Labute approximate surface area is 87.8 Å². The second kappa shape index (κ2) is 4.96. The van der Waals surface area contributed by atoms with E-state index < -0.39 is 6.61 Å². The first-order valence-electron chi connectivity index (χ1n) is 4.70. The molecule has 2 nitrogen and oxygen atoms in total. The zero-order chi connectivity index (χ0) is 11.4. The van der Waals surface area contributed by atoms with Gasteiger partial charge in [0.15, 0.2) is 0 Å². The maximum atomic E-state index is 12.0. The van der Waals surface area contributed by atoms with Crippen LogP contribution in [0.25, 0.3) is 0 Å². The normalized spacial score (nSPS) is 10.9. The summed E-state index contributed by atoms with van der Waals surface area (Å²) in [6.45, 7) is 2.73. The molecule has 0 unspecified atom stereocenters. The van der Waals surface area contributed by atoms with Crippen molar-refractivity contribution in [2.45, 2.75) is 33.5 Å². The summed E-state index contributed by atoms with van der Waals surface area (Å²) in [5.74, 6) is 0.668. The smallest absolute Gasteiger partial charge is 0.387 e. The zero-order valence-corrected chi connectivity index (χ0v) is 8.96. The first-order chi connectivity index (χ1) is 6.97. The monoisotopic (exact) mass is 216 g/mol. The predicted molar refractivity (Wildman–Crippen MR) is 53.6 cm³/mol. The van der Waals surface area contributed by atoms with Gasteiger partial charge in [-0.3, -0.25) is 0 Å². The summed E-state index contributed by atoms with van der Waals surface area (Å²) in [7, 11) is 0. The molecule has 0 amide bonds. The molecule has 0 aliphatic heterocycles. The number of hydrogen-bond donors (Lipinski definition) is 0. The van der Waals surface area contributed by atoms with Crippen molar-refractivity contribution in [2.75, 3.05) is 0 Å². The van der Waals surface area contributed by atoms with Crippen LogP contribution in [-0.2, 0) is 0 Å². The molecule has 0 atom stereocenters.